The summed E-state index contributed by atoms with van der Waals surface area (Å²) in [6.07, 6.45) is -2.61. The third-order valence-electron chi connectivity index (χ3n) is 4.72. The zero-order valence-corrected chi connectivity index (χ0v) is 14.5. The monoisotopic (exact) mass is 349 g/mol. The van der Waals surface area contributed by atoms with Crippen LogP contribution in [0.2, 0.25) is 0 Å². The van der Waals surface area contributed by atoms with Crippen molar-refractivity contribution in [2.24, 2.45) is 0 Å². The fourth-order valence-electron chi connectivity index (χ4n) is 2.56. The minimum atomic E-state index is -4.44. The Morgan fingerprint density at radius 2 is 1.64 bits per heavy atom. The van der Waals surface area contributed by atoms with Gasteiger partial charge < -0.3 is 9.31 Å². The van der Waals surface area contributed by atoms with E-state index in [4.69, 9.17) is 9.31 Å². The van der Waals surface area contributed by atoms with Gasteiger partial charge in [-0.25, -0.2) is 4.98 Å². The summed E-state index contributed by atoms with van der Waals surface area (Å²) in [6, 6.07) is 7.50. The molecule has 3 rings (SSSR count). The normalized spacial score (nSPS) is 19.9. The van der Waals surface area contributed by atoms with E-state index in [1.165, 1.54) is 6.07 Å². The summed E-state index contributed by atoms with van der Waals surface area (Å²) >= 11 is 0. The number of aromatic nitrogens is 1. The number of nitrogens with zero attached hydrogens (tertiary/aromatic N) is 1. The second kappa shape index (κ2) is 5.85. The molecule has 0 saturated carbocycles. The first-order valence-corrected chi connectivity index (χ1v) is 8.00. The molecule has 2 aromatic rings. The van der Waals surface area contributed by atoms with Crippen molar-refractivity contribution in [2.45, 2.75) is 45.1 Å². The molecule has 1 aromatic heterocycles. The van der Waals surface area contributed by atoms with Crippen molar-refractivity contribution < 1.29 is 22.5 Å². The molecule has 0 N–H and O–H groups in total. The number of fused-ring (bicyclic) bond motifs is 1. The average Bonchev–Trinajstić information content (AvgIpc) is 2.71. The van der Waals surface area contributed by atoms with Gasteiger partial charge in [0.15, 0.2) is 0 Å². The smallest absolute Gasteiger partial charge is 0.400 e. The van der Waals surface area contributed by atoms with E-state index in [0.29, 0.717) is 10.9 Å². The highest BCUT2D eigenvalue weighted by atomic mass is 19.4. The number of pyridine rings is 1. The number of benzene rings is 1. The van der Waals surface area contributed by atoms with Gasteiger partial charge in [-0.1, -0.05) is 24.2 Å². The van der Waals surface area contributed by atoms with Gasteiger partial charge in [0.1, 0.15) is 5.69 Å². The van der Waals surface area contributed by atoms with Crippen LogP contribution in [0.5, 0.6) is 0 Å². The van der Waals surface area contributed by atoms with Gasteiger partial charge in [-0.2, -0.15) is 13.2 Å². The van der Waals surface area contributed by atoms with Crippen molar-refractivity contribution >= 4 is 24.1 Å². The van der Waals surface area contributed by atoms with Gasteiger partial charge in [0.2, 0.25) is 0 Å². The van der Waals surface area contributed by atoms with Crippen molar-refractivity contribution in [2.75, 3.05) is 0 Å². The van der Waals surface area contributed by atoms with Crippen molar-refractivity contribution in [1.29, 1.82) is 0 Å². The maximum atomic E-state index is 12.7. The van der Waals surface area contributed by atoms with Gasteiger partial charge in [-0.05, 0) is 51.5 Å². The lowest BCUT2D eigenvalue weighted by Gasteiger charge is -2.32. The molecule has 1 saturated heterocycles. The molecule has 132 valence electrons. The Labute approximate surface area is 145 Å². The Balaban J connectivity index is 1.81. The van der Waals surface area contributed by atoms with Crippen LogP contribution in [0.4, 0.5) is 13.2 Å². The first kappa shape index (κ1) is 18.0. The zero-order chi connectivity index (χ0) is 18.5. The van der Waals surface area contributed by atoms with Crippen LogP contribution in [0.25, 0.3) is 17.0 Å². The minimum Gasteiger partial charge on any atom is -0.400 e. The number of rotatable bonds is 2. The summed E-state index contributed by atoms with van der Waals surface area (Å²) in [4.78, 5) is 3.66. The molecule has 1 aliphatic heterocycles. The van der Waals surface area contributed by atoms with Gasteiger partial charge in [0.25, 0.3) is 0 Å². The highest BCUT2D eigenvalue weighted by molar-refractivity contribution is 6.52. The van der Waals surface area contributed by atoms with Crippen molar-refractivity contribution in [3.05, 3.63) is 47.6 Å². The molecule has 25 heavy (non-hydrogen) atoms. The van der Waals surface area contributed by atoms with Gasteiger partial charge in [0.05, 0.1) is 16.7 Å². The summed E-state index contributed by atoms with van der Waals surface area (Å²) in [7, 11) is -0.466. The van der Waals surface area contributed by atoms with E-state index in [9.17, 15) is 13.2 Å². The zero-order valence-electron chi connectivity index (χ0n) is 14.5. The van der Waals surface area contributed by atoms with E-state index in [0.717, 1.165) is 11.6 Å². The number of alkyl halides is 3. The van der Waals surface area contributed by atoms with E-state index in [1.54, 1.807) is 24.2 Å². The van der Waals surface area contributed by atoms with Gasteiger partial charge in [0, 0.05) is 5.39 Å². The molecule has 0 spiro atoms. The Morgan fingerprint density at radius 1 is 1.00 bits per heavy atom. The van der Waals surface area contributed by atoms with Crippen LogP contribution < -0.4 is 0 Å². The molecule has 0 radical (unpaired) electrons. The molecule has 3 nitrogen and oxygen atoms in total. The van der Waals surface area contributed by atoms with E-state index < -0.39 is 30.2 Å². The molecule has 1 fully saturated rings. The quantitative estimate of drug-likeness (QED) is 0.723. The van der Waals surface area contributed by atoms with E-state index in [-0.39, 0.29) is 0 Å². The Bertz CT molecular complexity index is 815. The van der Waals surface area contributed by atoms with Crippen LogP contribution in [-0.4, -0.2) is 23.3 Å². The standard InChI is InChI=1S/C18H19BF3NO2/c1-16(2)17(3,4)25-19(24-16)10-9-12-5-7-14-13(11-12)6-8-15(23-14)18(20,21)22/h5-11H,1-4H3/b10-9+. The summed E-state index contributed by atoms with van der Waals surface area (Å²) < 4.78 is 49.9. The number of hydrogen-bond donors (Lipinski definition) is 0. The molecule has 1 aromatic carbocycles. The first-order chi connectivity index (χ1) is 11.5. The van der Waals surface area contributed by atoms with Crippen molar-refractivity contribution in [1.82, 2.24) is 4.98 Å². The second-order valence-electron chi connectivity index (χ2n) is 7.13. The molecule has 0 bridgehead atoms. The molecule has 0 aliphatic carbocycles. The Morgan fingerprint density at radius 3 is 2.24 bits per heavy atom. The van der Waals surface area contributed by atoms with Crippen molar-refractivity contribution in [3.63, 3.8) is 0 Å². The Kier molecular flexibility index (Phi) is 4.20. The average molecular weight is 349 g/mol. The van der Waals surface area contributed by atoms with Gasteiger partial charge in [-0.3, -0.25) is 0 Å². The van der Waals surface area contributed by atoms with E-state index >= 15 is 0 Å². The molecule has 2 heterocycles. The molecule has 7 heteroatoms. The summed E-state index contributed by atoms with van der Waals surface area (Å²) in [5.74, 6) is 1.80. The summed E-state index contributed by atoms with van der Waals surface area (Å²) in [6.45, 7) is 7.89. The van der Waals surface area contributed by atoms with Crippen molar-refractivity contribution in [3.8, 4) is 0 Å². The Hall–Kier alpha value is -1.86. The highest BCUT2D eigenvalue weighted by Gasteiger charge is 2.50. The molecule has 0 amide bonds. The fraction of sp³-hybridized carbons (Fsp3) is 0.389. The van der Waals surface area contributed by atoms with Crippen LogP contribution in [0.1, 0.15) is 39.0 Å². The van der Waals surface area contributed by atoms with Crippen LogP contribution in [0.15, 0.2) is 36.3 Å². The topological polar surface area (TPSA) is 31.4 Å². The first-order valence-electron chi connectivity index (χ1n) is 8.00. The SMILES string of the molecule is CC1(C)OB(/C=C/c2ccc3nc(C(F)(F)F)ccc3c2)OC1(C)C. The predicted molar refractivity (Wildman–Crippen MR) is 91.9 cm³/mol. The third kappa shape index (κ3) is 3.57. The molecule has 1 aliphatic rings. The van der Waals surface area contributed by atoms with E-state index in [1.807, 2.05) is 33.8 Å². The van der Waals surface area contributed by atoms with Crippen LogP contribution in [0, 0.1) is 0 Å². The lowest BCUT2D eigenvalue weighted by molar-refractivity contribution is -0.140. The van der Waals surface area contributed by atoms with Crippen LogP contribution in [0.3, 0.4) is 0 Å². The number of hydrogen-bond acceptors (Lipinski definition) is 3. The highest BCUT2D eigenvalue weighted by Crippen LogP contribution is 2.37. The number of halogens is 3. The maximum absolute atomic E-state index is 12.7. The summed E-state index contributed by atoms with van der Waals surface area (Å²) in [5, 5.41) is 0.643. The molecular formula is C18H19BF3NO2. The maximum Gasteiger partial charge on any atom is 0.487 e. The summed E-state index contributed by atoms with van der Waals surface area (Å²) in [5.41, 5.74) is -0.570. The third-order valence-corrected chi connectivity index (χ3v) is 4.72. The van der Waals surface area contributed by atoms with Gasteiger partial charge in [-0.15, -0.1) is 0 Å². The van der Waals surface area contributed by atoms with Gasteiger partial charge >= 0.3 is 13.3 Å². The largest absolute Gasteiger partial charge is 0.487 e. The predicted octanol–water partition coefficient (Wildman–Crippen LogP) is 4.90. The lowest BCUT2D eigenvalue weighted by atomic mass is 9.89. The second-order valence-corrected chi connectivity index (χ2v) is 7.13. The lowest BCUT2D eigenvalue weighted by Crippen LogP contribution is -2.41. The minimum absolute atomic E-state index is 0.308. The van der Waals surface area contributed by atoms with Crippen LogP contribution in [-0.2, 0) is 15.5 Å². The molecular weight excluding hydrogens is 330 g/mol. The molecule has 0 atom stereocenters. The van der Waals surface area contributed by atoms with Crippen LogP contribution >= 0.6 is 0 Å². The molecule has 0 unspecified atom stereocenters. The fourth-order valence-corrected chi connectivity index (χ4v) is 2.56. The van der Waals surface area contributed by atoms with E-state index in [2.05, 4.69) is 4.98 Å².